The number of carbonyl (C=O) groups is 1. The van der Waals surface area contributed by atoms with Crippen molar-refractivity contribution >= 4 is 23.0 Å². The van der Waals surface area contributed by atoms with Crippen molar-refractivity contribution in [2.24, 2.45) is 0 Å². The minimum atomic E-state index is -0.721. The largest absolute Gasteiger partial charge is 0.396 e. The van der Waals surface area contributed by atoms with Gasteiger partial charge in [0.2, 0.25) is 0 Å². The molecule has 6 nitrogen and oxygen atoms in total. The van der Waals surface area contributed by atoms with E-state index in [2.05, 4.69) is 5.32 Å². The van der Waals surface area contributed by atoms with Gasteiger partial charge in [0.05, 0.1) is 10.6 Å². The zero-order valence-electron chi connectivity index (χ0n) is 11.1. The fourth-order valence-electron chi connectivity index (χ4n) is 1.77. The van der Waals surface area contributed by atoms with Crippen molar-refractivity contribution in [2.45, 2.75) is 6.92 Å². The molecule has 21 heavy (non-hydrogen) atoms. The van der Waals surface area contributed by atoms with Gasteiger partial charge in [-0.2, -0.15) is 0 Å². The molecule has 0 aliphatic heterocycles. The molecule has 0 aliphatic rings. The number of nitrogens with two attached hydrogens (primary N) is 1. The van der Waals surface area contributed by atoms with Crippen LogP contribution in [0.1, 0.15) is 15.9 Å². The van der Waals surface area contributed by atoms with E-state index in [-0.39, 0.29) is 22.6 Å². The van der Waals surface area contributed by atoms with E-state index in [9.17, 15) is 19.3 Å². The Kier molecular flexibility index (Phi) is 3.84. The Balaban J connectivity index is 2.33. The molecule has 0 spiro atoms. The van der Waals surface area contributed by atoms with Crippen molar-refractivity contribution in [1.29, 1.82) is 0 Å². The average Bonchev–Trinajstić information content (AvgIpc) is 2.41. The number of benzene rings is 2. The summed E-state index contributed by atoms with van der Waals surface area (Å²) in [5, 5.41) is 13.3. The fraction of sp³-hybridized carbons (Fsp3) is 0.0714. The van der Waals surface area contributed by atoms with Crippen LogP contribution in [0.4, 0.5) is 21.5 Å². The summed E-state index contributed by atoms with van der Waals surface area (Å²) >= 11 is 0. The first-order chi connectivity index (χ1) is 9.88. The quantitative estimate of drug-likeness (QED) is 0.515. The van der Waals surface area contributed by atoms with Gasteiger partial charge in [-0.3, -0.25) is 14.9 Å². The lowest BCUT2D eigenvalue weighted by Crippen LogP contribution is -2.13. The summed E-state index contributed by atoms with van der Waals surface area (Å²) in [4.78, 5) is 22.4. The number of rotatable bonds is 3. The molecule has 0 saturated carbocycles. The van der Waals surface area contributed by atoms with Crippen molar-refractivity contribution in [3.63, 3.8) is 0 Å². The molecule has 2 aromatic carbocycles. The summed E-state index contributed by atoms with van der Waals surface area (Å²) < 4.78 is 13.3. The van der Waals surface area contributed by atoms with Crippen molar-refractivity contribution in [2.75, 3.05) is 11.1 Å². The van der Waals surface area contributed by atoms with Gasteiger partial charge in [0.1, 0.15) is 11.5 Å². The van der Waals surface area contributed by atoms with Crippen LogP contribution in [0, 0.1) is 22.9 Å². The Bertz CT molecular complexity index is 731. The Labute approximate surface area is 119 Å². The van der Waals surface area contributed by atoms with Gasteiger partial charge in [-0.25, -0.2) is 4.39 Å². The number of nitro benzene ring substituents is 1. The molecule has 0 unspecified atom stereocenters. The second-order valence-corrected chi connectivity index (χ2v) is 4.47. The number of nitro groups is 1. The lowest BCUT2D eigenvalue weighted by molar-refractivity contribution is -0.383. The molecule has 0 aliphatic carbocycles. The van der Waals surface area contributed by atoms with Crippen LogP contribution in [-0.4, -0.2) is 10.8 Å². The third-order valence-corrected chi connectivity index (χ3v) is 2.86. The molecule has 2 aromatic rings. The predicted octanol–water partition coefficient (Wildman–Crippen LogP) is 2.88. The van der Waals surface area contributed by atoms with Gasteiger partial charge in [-0.1, -0.05) is 6.07 Å². The third kappa shape index (κ3) is 3.14. The highest BCUT2D eigenvalue weighted by Gasteiger charge is 2.17. The number of nitrogen functional groups attached to an aromatic ring is 1. The third-order valence-electron chi connectivity index (χ3n) is 2.86. The molecule has 7 heteroatoms. The molecule has 3 N–H and O–H groups in total. The highest BCUT2D eigenvalue weighted by Crippen LogP contribution is 2.26. The molecule has 108 valence electrons. The van der Waals surface area contributed by atoms with E-state index in [0.29, 0.717) is 0 Å². The standard InChI is InChI=1S/C14H12FN3O3/c1-8-2-5-13(18(20)21)12(6-8)17-14(19)9-3-4-11(16)10(15)7-9/h2-7H,16H2,1H3,(H,17,19). The molecular weight excluding hydrogens is 277 g/mol. The maximum atomic E-state index is 13.3. The lowest BCUT2D eigenvalue weighted by atomic mass is 10.1. The van der Waals surface area contributed by atoms with Crippen molar-refractivity contribution in [3.05, 3.63) is 63.5 Å². The first kappa shape index (κ1) is 14.4. The minimum absolute atomic E-state index is 0.0255. The molecule has 0 bridgehead atoms. The molecule has 2 rings (SSSR count). The minimum Gasteiger partial charge on any atom is -0.396 e. The second-order valence-electron chi connectivity index (χ2n) is 4.47. The molecule has 0 aromatic heterocycles. The summed E-state index contributed by atoms with van der Waals surface area (Å²) in [6, 6.07) is 7.92. The molecule has 0 radical (unpaired) electrons. The Morgan fingerprint density at radius 1 is 1.29 bits per heavy atom. The van der Waals surface area contributed by atoms with Crippen LogP contribution in [0.3, 0.4) is 0 Å². The smallest absolute Gasteiger partial charge is 0.292 e. The van der Waals surface area contributed by atoms with Gasteiger partial charge in [0.25, 0.3) is 11.6 Å². The number of nitrogens with one attached hydrogen (secondary N) is 1. The van der Waals surface area contributed by atoms with Crippen LogP contribution in [0.25, 0.3) is 0 Å². The van der Waals surface area contributed by atoms with E-state index in [1.54, 1.807) is 13.0 Å². The molecule has 0 saturated heterocycles. The topological polar surface area (TPSA) is 98.3 Å². The van der Waals surface area contributed by atoms with Crippen LogP contribution in [-0.2, 0) is 0 Å². The molecule has 0 fully saturated rings. The summed E-state index contributed by atoms with van der Waals surface area (Å²) in [7, 11) is 0. The van der Waals surface area contributed by atoms with Crippen LogP contribution in [0.5, 0.6) is 0 Å². The van der Waals surface area contributed by atoms with Crippen LogP contribution < -0.4 is 11.1 Å². The first-order valence-corrected chi connectivity index (χ1v) is 6.00. The maximum absolute atomic E-state index is 13.3. The van der Waals surface area contributed by atoms with Gasteiger partial charge >= 0.3 is 0 Å². The van der Waals surface area contributed by atoms with Gasteiger partial charge in [-0.15, -0.1) is 0 Å². The predicted molar refractivity (Wildman–Crippen MR) is 76.6 cm³/mol. The second kappa shape index (κ2) is 5.58. The maximum Gasteiger partial charge on any atom is 0.292 e. The normalized spacial score (nSPS) is 10.2. The number of hydrogen-bond acceptors (Lipinski definition) is 4. The highest BCUT2D eigenvalue weighted by molar-refractivity contribution is 6.05. The monoisotopic (exact) mass is 289 g/mol. The average molecular weight is 289 g/mol. The van der Waals surface area contributed by atoms with Gasteiger partial charge in [0, 0.05) is 11.6 Å². The van der Waals surface area contributed by atoms with Crippen molar-refractivity contribution < 1.29 is 14.1 Å². The van der Waals surface area contributed by atoms with Gasteiger partial charge in [-0.05, 0) is 36.8 Å². The zero-order valence-corrected chi connectivity index (χ0v) is 11.1. The highest BCUT2D eigenvalue weighted by atomic mass is 19.1. The first-order valence-electron chi connectivity index (χ1n) is 6.00. The summed E-state index contributed by atoms with van der Waals surface area (Å²) in [6.07, 6.45) is 0. The van der Waals surface area contributed by atoms with Crippen molar-refractivity contribution in [1.82, 2.24) is 0 Å². The van der Waals surface area contributed by atoms with Crippen molar-refractivity contribution in [3.8, 4) is 0 Å². The van der Waals surface area contributed by atoms with Crippen LogP contribution >= 0.6 is 0 Å². The number of halogens is 1. The van der Waals surface area contributed by atoms with E-state index in [4.69, 9.17) is 5.73 Å². The number of aryl methyl sites for hydroxylation is 1. The van der Waals surface area contributed by atoms with Gasteiger partial charge in [0.15, 0.2) is 0 Å². The number of hydrogen-bond donors (Lipinski definition) is 2. The number of amides is 1. The number of carbonyl (C=O) groups excluding carboxylic acids is 1. The van der Waals surface area contributed by atoms with E-state index >= 15 is 0 Å². The zero-order chi connectivity index (χ0) is 15.6. The summed E-state index contributed by atoms with van der Waals surface area (Å²) in [5.41, 5.74) is 5.85. The Morgan fingerprint density at radius 2 is 2.00 bits per heavy atom. The number of anilines is 2. The molecule has 1 amide bonds. The number of nitrogens with zero attached hydrogens (tertiary/aromatic N) is 1. The SMILES string of the molecule is Cc1ccc([N+](=O)[O-])c(NC(=O)c2ccc(N)c(F)c2)c1. The molecule has 0 heterocycles. The Morgan fingerprint density at radius 3 is 2.62 bits per heavy atom. The summed E-state index contributed by atoms with van der Waals surface area (Å²) in [6.45, 7) is 1.74. The van der Waals surface area contributed by atoms with E-state index < -0.39 is 16.6 Å². The fourth-order valence-corrected chi connectivity index (χ4v) is 1.77. The van der Waals surface area contributed by atoms with Crippen LogP contribution in [0.15, 0.2) is 36.4 Å². The van der Waals surface area contributed by atoms with Gasteiger partial charge < -0.3 is 11.1 Å². The molecular formula is C14H12FN3O3. The van der Waals surface area contributed by atoms with E-state index in [1.807, 2.05) is 0 Å². The van der Waals surface area contributed by atoms with E-state index in [0.717, 1.165) is 11.6 Å². The summed E-state index contributed by atoms with van der Waals surface area (Å²) in [5.74, 6) is -1.37. The molecule has 0 atom stereocenters. The van der Waals surface area contributed by atoms with E-state index in [1.165, 1.54) is 24.3 Å². The van der Waals surface area contributed by atoms with Crippen LogP contribution in [0.2, 0.25) is 0 Å². The lowest BCUT2D eigenvalue weighted by Gasteiger charge is -2.07. The Hall–Kier alpha value is -2.96.